The van der Waals surface area contributed by atoms with Gasteiger partial charge in [0.05, 0.1) is 0 Å². The summed E-state index contributed by atoms with van der Waals surface area (Å²) in [7, 11) is 0. The number of halogens is 2. The molecule has 1 atom stereocenters. The van der Waals surface area contributed by atoms with E-state index in [-0.39, 0.29) is 0 Å². The van der Waals surface area contributed by atoms with Crippen molar-refractivity contribution in [2.24, 2.45) is 5.92 Å². The topological polar surface area (TPSA) is 0 Å². The van der Waals surface area contributed by atoms with Crippen LogP contribution in [0.15, 0.2) is 10.5 Å². The van der Waals surface area contributed by atoms with E-state index in [2.05, 4.69) is 58.7 Å². The molecular formula is C11H16Br2S. The molecule has 1 rings (SSSR count). The van der Waals surface area contributed by atoms with Gasteiger partial charge in [0.25, 0.3) is 0 Å². The molecule has 0 aliphatic heterocycles. The zero-order chi connectivity index (χ0) is 10.7. The molecule has 0 amide bonds. The van der Waals surface area contributed by atoms with Crippen molar-refractivity contribution in [2.45, 2.75) is 38.4 Å². The first-order valence-corrected chi connectivity index (χ1v) is 7.43. The monoisotopic (exact) mass is 338 g/mol. The lowest BCUT2D eigenvalue weighted by atomic mass is 10.1. The van der Waals surface area contributed by atoms with Gasteiger partial charge in [0.1, 0.15) is 0 Å². The zero-order valence-corrected chi connectivity index (χ0v) is 12.8. The summed E-state index contributed by atoms with van der Waals surface area (Å²) in [5.41, 5.74) is 0. The van der Waals surface area contributed by atoms with Crippen LogP contribution in [0.1, 0.15) is 41.3 Å². The summed E-state index contributed by atoms with van der Waals surface area (Å²) in [6, 6.07) is 2.24. The molecule has 0 spiro atoms. The Hall–Kier alpha value is 0.660. The molecule has 0 fully saturated rings. The van der Waals surface area contributed by atoms with Crippen molar-refractivity contribution in [2.75, 3.05) is 0 Å². The highest BCUT2D eigenvalue weighted by Gasteiger charge is 2.12. The molecule has 0 aliphatic carbocycles. The molecule has 0 aliphatic rings. The van der Waals surface area contributed by atoms with Crippen molar-refractivity contribution >= 4 is 43.2 Å². The Kier molecular flexibility index (Phi) is 5.15. The fourth-order valence-electron chi connectivity index (χ4n) is 1.26. The van der Waals surface area contributed by atoms with E-state index in [1.54, 1.807) is 0 Å². The fourth-order valence-corrected chi connectivity index (χ4v) is 3.51. The van der Waals surface area contributed by atoms with Crippen LogP contribution in [0.2, 0.25) is 0 Å². The summed E-state index contributed by atoms with van der Waals surface area (Å²) < 4.78 is 1.24. The molecule has 1 heterocycles. The molecule has 80 valence electrons. The van der Waals surface area contributed by atoms with E-state index in [9.17, 15) is 0 Å². The van der Waals surface area contributed by atoms with Crippen molar-refractivity contribution in [1.82, 2.24) is 0 Å². The minimum absolute atomic E-state index is 0.528. The normalized spacial score (nSPS) is 13.6. The number of alkyl halides is 1. The molecule has 3 heteroatoms. The number of aryl methyl sites for hydroxylation is 1. The summed E-state index contributed by atoms with van der Waals surface area (Å²) in [4.78, 5) is 3.34. The summed E-state index contributed by atoms with van der Waals surface area (Å²) in [5.74, 6) is 0.791. The highest BCUT2D eigenvalue weighted by molar-refractivity contribution is 9.10. The first-order chi connectivity index (χ1) is 6.50. The fraction of sp³-hybridized carbons (Fsp3) is 0.636. The summed E-state index contributed by atoms with van der Waals surface area (Å²) >= 11 is 9.19. The third-order valence-corrected chi connectivity index (χ3v) is 5.69. The van der Waals surface area contributed by atoms with Gasteiger partial charge in [0, 0.05) is 19.1 Å². The number of rotatable bonds is 4. The smallest absolute Gasteiger partial charge is 0.0489 e. The van der Waals surface area contributed by atoms with Gasteiger partial charge < -0.3 is 0 Å². The van der Waals surface area contributed by atoms with E-state index in [0.717, 1.165) is 5.92 Å². The Bertz CT molecular complexity index is 272. The van der Waals surface area contributed by atoms with Gasteiger partial charge in [-0.1, -0.05) is 29.8 Å². The Morgan fingerprint density at radius 2 is 2.00 bits per heavy atom. The van der Waals surface area contributed by atoms with Crippen LogP contribution in [0.5, 0.6) is 0 Å². The third-order valence-electron chi connectivity index (χ3n) is 2.18. The maximum absolute atomic E-state index is 3.75. The second-order valence-electron chi connectivity index (χ2n) is 3.99. The SMILES string of the molecule is Cc1sc(C(Br)CCC(C)C)cc1Br. The highest BCUT2D eigenvalue weighted by atomic mass is 79.9. The molecule has 0 N–H and O–H groups in total. The lowest BCUT2D eigenvalue weighted by Crippen LogP contribution is -1.91. The average molecular weight is 340 g/mol. The largest absolute Gasteiger partial charge is 0.143 e. The number of hydrogen-bond donors (Lipinski definition) is 0. The van der Waals surface area contributed by atoms with Crippen molar-refractivity contribution in [3.8, 4) is 0 Å². The molecule has 1 aromatic heterocycles. The van der Waals surface area contributed by atoms with Crippen molar-refractivity contribution in [3.05, 3.63) is 20.3 Å². The van der Waals surface area contributed by atoms with E-state index in [1.165, 1.54) is 27.1 Å². The molecule has 0 saturated heterocycles. The van der Waals surface area contributed by atoms with E-state index < -0.39 is 0 Å². The third kappa shape index (κ3) is 3.67. The van der Waals surface area contributed by atoms with Crippen LogP contribution < -0.4 is 0 Å². The van der Waals surface area contributed by atoms with Crippen LogP contribution in [0.4, 0.5) is 0 Å². The maximum atomic E-state index is 3.75. The lowest BCUT2D eigenvalue weighted by Gasteiger charge is -2.09. The first-order valence-electron chi connectivity index (χ1n) is 4.90. The van der Waals surface area contributed by atoms with Crippen LogP contribution in [0.25, 0.3) is 0 Å². The predicted octanol–water partition coefficient (Wildman–Crippen LogP) is 5.69. The van der Waals surface area contributed by atoms with Gasteiger partial charge >= 0.3 is 0 Å². The summed E-state index contributed by atoms with van der Waals surface area (Å²) in [6.07, 6.45) is 2.51. The van der Waals surface area contributed by atoms with Crippen LogP contribution in [0.3, 0.4) is 0 Å². The lowest BCUT2D eigenvalue weighted by molar-refractivity contribution is 0.556. The number of hydrogen-bond acceptors (Lipinski definition) is 1. The van der Waals surface area contributed by atoms with Crippen LogP contribution in [0, 0.1) is 12.8 Å². The maximum Gasteiger partial charge on any atom is 0.0489 e. The molecule has 0 bridgehead atoms. The molecule has 1 aromatic rings. The quantitative estimate of drug-likeness (QED) is 0.618. The molecule has 0 radical (unpaired) electrons. The molecule has 0 aromatic carbocycles. The molecule has 14 heavy (non-hydrogen) atoms. The van der Waals surface area contributed by atoms with Crippen LogP contribution in [-0.4, -0.2) is 0 Å². The van der Waals surface area contributed by atoms with Gasteiger partial charge in [0.15, 0.2) is 0 Å². The Balaban J connectivity index is 2.56. The van der Waals surface area contributed by atoms with Gasteiger partial charge in [-0.25, -0.2) is 0 Å². The average Bonchev–Trinajstić information content (AvgIpc) is 2.43. The van der Waals surface area contributed by atoms with Crippen molar-refractivity contribution < 1.29 is 0 Å². The van der Waals surface area contributed by atoms with Gasteiger partial charge in [-0.05, 0) is 47.7 Å². The molecular weight excluding hydrogens is 324 g/mol. The zero-order valence-electron chi connectivity index (χ0n) is 8.81. The van der Waals surface area contributed by atoms with Gasteiger partial charge in [0.2, 0.25) is 0 Å². The summed E-state index contributed by atoms with van der Waals surface area (Å²) in [5, 5.41) is 0. The van der Waals surface area contributed by atoms with Crippen LogP contribution >= 0.6 is 43.2 Å². The number of thiophene rings is 1. The van der Waals surface area contributed by atoms with E-state index in [4.69, 9.17) is 0 Å². The highest BCUT2D eigenvalue weighted by Crippen LogP contribution is 2.37. The van der Waals surface area contributed by atoms with Crippen LogP contribution in [-0.2, 0) is 0 Å². The van der Waals surface area contributed by atoms with Gasteiger partial charge in [-0.15, -0.1) is 11.3 Å². The van der Waals surface area contributed by atoms with Gasteiger partial charge in [-0.2, -0.15) is 0 Å². The van der Waals surface area contributed by atoms with Gasteiger partial charge in [-0.3, -0.25) is 0 Å². The Labute approximate surface area is 107 Å². The first kappa shape index (κ1) is 12.7. The Morgan fingerprint density at radius 3 is 2.43 bits per heavy atom. The van der Waals surface area contributed by atoms with Crippen molar-refractivity contribution in [1.29, 1.82) is 0 Å². The van der Waals surface area contributed by atoms with E-state index in [1.807, 2.05) is 11.3 Å². The second kappa shape index (κ2) is 5.66. The minimum atomic E-state index is 0.528. The standard InChI is InChI=1S/C11H16Br2S/c1-7(2)4-5-9(12)11-6-10(13)8(3)14-11/h6-7,9H,4-5H2,1-3H3. The molecule has 0 saturated carbocycles. The predicted molar refractivity (Wildman–Crippen MR) is 72.5 cm³/mol. The summed E-state index contributed by atoms with van der Waals surface area (Å²) in [6.45, 7) is 6.70. The van der Waals surface area contributed by atoms with Crippen molar-refractivity contribution in [3.63, 3.8) is 0 Å². The van der Waals surface area contributed by atoms with E-state index in [0.29, 0.717) is 4.83 Å². The molecule has 1 unspecified atom stereocenters. The molecule has 0 nitrogen and oxygen atoms in total. The minimum Gasteiger partial charge on any atom is -0.143 e. The second-order valence-corrected chi connectivity index (χ2v) is 7.24. The van der Waals surface area contributed by atoms with E-state index >= 15 is 0 Å². The Morgan fingerprint density at radius 1 is 1.36 bits per heavy atom.